The van der Waals surface area contributed by atoms with Crippen LogP contribution >= 0.6 is 7.82 Å². The molecule has 1 rings (SSSR count). The summed E-state index contributed by atoms with van der Waals surface area (Å²) in [5.41, 5.74) is 1.05. The van der Waals surface area contributed by atoms with Crippen molar-refractivity contribution in [3.8, 4) is 5.75 Å². The number of hydrogen-bond donors (Lipinski definition) is 2. The topological polar surface area (TPSA) is 98.7 Å². The minimum absolute atomic E-state index is 0.00315. The molecule has 1 aromatic rings. The fourth-order valence-corrected chi connectivity index (χ4v) is 5.78. The van der Waals surface area contributed by atoms with Crippen LogP contribution in [0.2, 0.25) is 0 Å². The highest BCUT2D eigenvalue weighted by atomic mass is 31.2. The second kappa shape index (κ2) is 25.3. The van der Waals surface area contributed by atoms with Gasteiger partial charge in [-0.05, 0) is 55.7 Å². The molecule has 0 fully saturated rings. The van der Waals surface area contributed by atoms with Crippen LogP contribution in [-0.4, -0.2) is 44.1 Å². The molecule has 0 bridgehead atoms. The average Bonchev–Trinajstić information content (AvgIpc) is 2.95. The molecule has 0 aliphatic rings. The first-order valence-electron chi connectivity index (χ1n) is 16.5. The van der Waals surface area contributed by atoms with Crippen LogP contribution in [-0.2, 0) is 24.8 Å². The summed E-state index contributed by atoms with van der Waals surface area (Å²) >= 11 is 0. The van der Waals surface area contributed by atoms with Gasteiger partial charge in [0.1, 0.15) is 11.5 Å². The monoisotopic (exact) mass is 598 g/mol. The number of carbonyl (C=O) groups excluding carboxylic acids is 1. The van der Waals surface area contributed by atoms with Gasteiger partial charge in [-0.2, -0.15) is 0 Å². The van der Waals surface area contributed by atoms with Crippen LogP contribution in [0.1, 0.15) is 129 Å². The normalized spacial score (nSPS) is 13.7. The lowest BCUT2D eigenvalue weighted by molar-refractivity contribution is -0.627. The molecule has 0 amide bonds. The second-order valence-corrected chi connectivity index (χ2v) is 12.9. The van der Waals surface area contributed by atoms with Crippen LogP contribution in [0.25, 0.3) is 0 Å². The van der Waals surface area contributed by atoms with Crippen LogP contribution in [0.15, 0.2) is 24.3 Å². The molecule has 238 valence electrons. The number of rotatable bonds is 29. The summed E-state index contributed by atoms with van der Waals surface area (Å²) in [6.45, 7) is 6.10. The van der Waals surface area contributed by atoms with Gasteiger partial charge in [0.25, 0.3) is 0 Å². The zero-order chi connectivity index (χ0) is 30.0. The van der Waals surface area contributed by atoms with E-state index in [9.17, 15) is 14.3 Å². The van der Waals surface area contributed by atoms with E-state index >= 15 is 0 Å². The fourth-order valence-electron chi connectivity index (χ4n) is 4.95. The molecule has 1 aromatic carbocycles. The zero-order valence-corrected chi connectivity index (χ0v) is 27.4. The van der Waals surface area contributed by atoms with Crippen molar-refractivity contribution in [1.82, 2.24) is 0 Å². The number of nitrogens with two attached hydrogens (primary N) is 1. The molecular weight excluding hydrogens is 537 g/mol. The van der Waals surface area contributed by atoms with Gasteiger partial charge < -0.3 is 14.9 Å². The van der Waals surface area contributed by atoms with E-state index in [4.69, 9.17) is 13.8 Å². The van der Waals surface area contributed by atoms with Crippen molar-refractivity contribution >= 4 is 13.6 Å². The van der Waals surface area contributed by atoms with Gasteiger partial charge in [0.05, 0.1) is 33.4 Å². The van der Waals surface area contributed by atoms with Gasteiger partial charge in [-0.1, -0.05) is 96.6 Å². The Hall–Kier alpha value is -1.24. The van der Waals surface area contributed by atoms with Crippen molar-refractivity contribution in [3.63, 3.8) is 0 Å². The summed E-state index contributed by atoms with van der Waals surface area (Å²) in [6.07, 6.45) is 19.7. The van der Waals surface area contributed by atoms with E-state index in [0.717, 1.165) is 43.7 Å². The van der Waals surface area contributed by atoms with Crippen molar-refractivity contribution in [1.29, 1.82) is 0 Å². The number of unbranched alkanes of at least 4 members (excludes halogenated alkanes) is 12. The number of phosphoric acid groups is 1. The molecule has 0 aromatic heterocycles. The molecule has 0 aliphatic carbocycles. The minimum Gasteiger partial charge on any atom is -0.494 e. The maximum atomic E-state index is 12.4. The second-order valence-electron chi connectivity index (χ2n) is 11.4. The molecule has 2 atom stereocenters. The Morgan fingerprint density at radius 2 is 1.39 bits per heavy atom. The van der Waals surface area contributed by atoms with Crippen molar-refractivity contribution < 1.29 is 33.4 Å². The van der Waals surface area contributed by atoms with Crippen molar-refractivity contribution in [2.24, 2.45) is 5.92 Å². The maximum Gasteiger partial charge on any atom is 0.472 e. The standard InChI is InChI=1S/C33H60NO6P/c1-4-6-7-8-9-10-11-12-13-14-15-17-25-38-33-22-20-30(21-23-33)27-31(28-32(35)19-5-2)29-40-41(36,37)39-26-18-16-24-34-3/h20-23,31,34H,4-19,24-29H2,1-3H3,(H,36,37)/p+1. The average molecular weight is 599 g/mol. The number of carbonyl (C=O) groups is 1. The molecule has 2 unspecified atom stereocenters. The maximum absolute atomic E-state index is 12.4. The lowest BCUT2D eigenvalue weighted by Crippen LogP contribution is -2.79. The quantitative estimate of drug-likeness (QED) is 0.0721. The predicted molar refractivity (Wildman–Crippen MR) is 168 cm³/mol. The Morgan fingerprint density at radius 3 is 1.98 bits per heavy atom. The molecule has 0 heterocycles. The molecule has 0 saturated carbocycles. The molecule has 3 N–H and O–H groups in total. The summed E-state index contributed by atoms with van der Waals surface area (Å²) in [5.74, 6) is 0.800. The third-order valence-electron chi connectivity index (χ3n) is 7.37. The highest BCUT2D eigenvalue weighted by Gasteiger charge is 2.24. The van der Waals surface area contributed by atoms with Gasteiger partial charge in [-0.15, -0.1) is 0 Å². The highest BCUT2D eigenvalue weighted by Crippen LogP contribution is 2.44. The van der Waals surface area contributed by atoms with Crippen LogP contribution in [0.3, 0.4) is 0 Å². The molecule has 7 nitrogen and oxygen atoms in total. The summed E-state index contributed by atoms with van der Waals surface area (Å²) < 4.78 is 28.7. The van der Waals surface area contributed by atoms with E-state index in [2.05, 4.69) is 12.2 Å². The first-order valence-corrected chi connectivity index (χ1v) is 18.0. The Balaban J connectivity index is 2.34. The SMILES string of the molecule is CCCCCCCCCCCCCCOc1ccc(CC(COP(=O)(O)OCCCC[NH2+]C)CC(=O)CCC)cc1. The van der Waals surface area contributed by atoms with Gasteiger partial charge in [0.15, 0.2) is 0 Å². The molecule has 0 radical (unpaired) electrons. The molecule has 0 aliphatic heterocycles. The minimum atomic E-state index is -4.14. The smallest absolute Gasteiger partial charge is 0.472 e. The number of Topliss-reactive ketones (excluding diaryl/α,β-unsaturated/α-hetero) is 1. The van der Waals surface area contributed by atoms with E-state index in [1.54, 1.807) is 0 Å². The number of ketones is 1. The summed E-state index contributed by atoms with van der Waals surface area (Å²) in [6, 6.07) is 7.95. The lowest BCUT2D eigenvalue weighted by Gasteiger charge is -2.19. The largest absolute Gasteiger partial charge is 0.494 e. The molecule has 0 saturated heterocycles. The lowest BCUT2D eigenvalue weighted by atomic mass is 9.94. The number of phosphoric ester groups is 1. The third-order valence-corrected chi connectivity index (χ3v) is 8.36. The van der Waals surface area contributed by atoms with Crippen LogP contribution < -0.4 is 10.1 Å². The summed E-state index contributed by atoms with van der Waals surface area (Å²) in [7, 11) is -2.15. The van der Waals surface area contributed by atoms with E-state index in [1.165, 1.54) is 70.6 Å². The van der Waals surface area contributed by atoms with Crippen LogP contribution in [0, 0.1) is 5.92 Å². The van der Waals surface area contributed by atoms with Crippen LogP contribution in [0.5, 0.6) is 5.75 Å². The van der Waals surface area contributed by atoms with Crippen molar-refractivity contribution in [3.05, 3.63) is 29.8 Å². The Morgan fingerprint density at radius 1 is 0.805 bits per heavy atom. The first-order chi connectivity index (χ1) is 19.9. The molecular formula is C33H61NO6P+. The summed E-state index contributed by atoms with van der Waals surface area (Å²) in [5, 5.41) is 2.06. The van der Waals surface area contributed by atoms with Gasteiger partial charge >= 0.3 is 7.82 Å². The van der Waals surface area contributed by atoms with Gasteiger partial charge in [0.2, 0.25) is 0 Å². The predicted octanol–water partition coefficient (Wildman–Crippen LogP) is 7.79. The van der Waals surface area contributed by atoms with E-state index < -0.39 is 7.82 Å². The van der Waals surface area contributed by atoms with Gasteiger partial charge in [-0.3, -0.25) is 13.8 Å². The van der Waals surface area contributed by atoms with Crippen LogP contribution in [0.4, 0.5) is 0 Å². The number of hydrogen-bond acceptors (Lipinski definition) is 5. The number of quaternary nitrogens is 1. The molecule has 0 spiro atoms. The Bertz CT molecular complexity index is 803. The van der Waals surface area contributed by atoms with E-state index in [-0.39, 0.29) is 24.9 Å². The van der Waals surface area contributed by atoms with Crippen molar-refractivity contribution in [2.75, 3.05) is 33.4 Å². The fraction of sp³-hybridized carbons (Fsp3) is 0.788. The van der Waals surface area contributed by atoms with Gasteiger partial charge in [0, 0.05) is 12.8 Å². The van der Waals surface area contributed by atoms with E-state index in [1.807, 2.05) is 38.2 Å². The van der Waals surface area contributed by atoms with E-state index in [0.29, 0.717) is 25.7 Å². The van der Waals surface area contributed by atoms with Gasteiger partial charge in [-0.25, -0.2) is 4.57 Å². The molecule has 41 heavy (non-hydrogen) atoms. The number of benzene rings is 1. The Labute approximate surface area is 251 Å². The highest BCUT2D eigenvalue weighted by molar-refractivity contribution is 7.47. The number of ether oxygens (including phenoxy) is 1. The Kier molecular flexibility index (Phi) is 23.3. The summed E-state index contributed by atoms with van der Waals surface area (Å²) in [4.78, 5) is 22.4. The molecule has 8 heteroatoms. The zero-order valence-electron chi connectivity index (χ0n) is 26.5. The van der Waals surface area contributed by atoms with Crippen molar-refractivity contribution in [2.45, 2.75) is 129 Å². The third kappa shape index (κ3) is 22.0. The first kappa shape index (κ1) is 37.8.